The Labute approximate surface area is 177 Å². The average Bonchev–Trinajstić information content (AvgIpc) is 2.66. The molecule has 30 heavy (non-hydrogen) atoms. The smallest absolute Gasteiger partial charge is 0.330 e. The van der Waals surface area contributed by atoms with Crippen molar-refractivity contribution in [1.29, 1.82) is 0 Å². The van der Waals surface area contributed by atoms with Gasteiger partial charge in [0.2, 0.25) is 0 Å². The van der Waals surface area contributed by atoms with Gasteiger partial charge in [0, 0.05) is 18.7 Å². The summed E-state index contributed by atoms with van der Waals surface area (Å²) >= 11 is 0. The molecule has 164 valence electrons. The molecule has 1 aromatic carbocycles. The third-order valence-corrected chi connectivity index (χ3v) is 5.01. The van der Waals surface area contributed by atoms with Crippen molar-refractivity contribution in [3.05, 3.63) is 56.2 Å². The first-order valence-electron chi connectivity index (χ1n) is 10.5. The highest BCUT2D eigenvalue weighted by Crippen LogP contribution is 2.24. The number of carbonyl (C=O) groups excluding carboxylic acids is 1. The van der Waals surface area contributed by atoms with Crippen molar-refractivity contribution in [2.75, 3.05) is 17.2 Å². The summed E-state index contributed by atoms with van der Waals surface area (Å²) in [5.41, 5.74) is 6.63. The molecule has 0 unspecified atom stereocenters. The van der Waals surface area contributed by atoms with E-state index < -0.39 is 11.2 Å². The van der Waals surface area contributed by atoms with E-state index in [1.54, 1.807) is 12.1 Å². The number of unbranched alkanes of at least 4 members (excludes halogenated alkanes) is 1. The van der Waals surface area contributed by atoms with Crippen LogP contribution in [-0.4, -0.2) is 22.0 Å². The van der Waals surface area contributed by atoms with Gasteiger partial charge >= 0.3 is 5.69 Å². The summed E-state index contributed by atoms with van der Waals surface area (Å²) in [6, 6.07) is 7.41. The van der Waals surface area contributed by atoms with E-state index in [0.29, 0.717) is 25.1 Å². The Morgan fingerprint density at radius 2 is 1.77 bits per heavy atom. The van der Waals surface area contributed by atoms with Crippen molar-refractivity contribution in [3.63, 3.8) is 0 Å². The van der Waals surface area contributed by atoms with Crippen LogP contribution >= 0.6 is 0 Å². The van der Waals surface area contributed by atoms with Gasteiger partial charge in [-0.15, -0.1) is 0 Å². The maximum Gasteiger partial charge on any atom is 0.330 e. The molecule has 7 heteroatoms. The van der Waals surface area contributed by atoms with Crippen LogP contribution in [0.5, 0.6) is 0 Å². The molecule has 1 heterocycles. The molecule has 0 saturated heterocycles. The number of nitrogen functional groups attached to an aromatic ring is 1. The minimum absolute atomic E-state index is 0.0215. The molecule has 0 saturated carbocycles. The molecule has 0 aliphatic carbocycles. The van der Waals surface area contributed by atoms with Crippen molar-refractivity contribution in [2.45, 2.75) is 66.3 Å². The van der Waals surface area contributed by atoms with E-state index >= 15 is 0 Å². The molecule has 3 N–H and O–H groups in total. The van der Waals surface area contributed by atoms with E-state index in [1.807, 2.05) is 32.9 Å². The predicted octanol–water partition coefficient (Wildman–Crippen LogP) is 3.52. The Hall–Kier alpha value is -2.83. The van der Waals surface area contributed by atoms with Crippen LogP contribution in [0.4, 0.5) is 11.5 Å². The highest BCUT2D eigenvalue weighted by atomic mass is 16.2. The molecule has 0 aliphatic rings. The number of anilines is 2. The fourth-order valence-electron chi connectivity index (χ4n) is 3.28. The number of H-pyrrole nitrogens is 1. The van der Waals surface area contributed by atoms with Crippen LogP contribution in [0.3, 0.4) is 0 Å². The highest BCUT2D eigenvalue weighted by molar-refractivity contribution is 6.07. The van der Waals surface area contributed by atoms with Gasteiger partial charge in [0.1, 0.15) is 5.82 Å². The van der Waals surface area contributed by atoms with Gasteiger partial charge in [-0.25, -0.2) is 4.79 Å². The van der Waals surface area contributed by atoms with Gasteiger partial charge in [0.05, 0.1) is 0 Å². The maximum atomic E-state index is 13.4. The highest BCUT2D eigenvalue weighted by Gasteiger charge is 2.25. The first-order valence-corrected chi connectivity index (χ1v) is 10.5. The van der Waals surface area contributed by atoms with Crippen LogP contribution < -0.4 is 21.9 Å². The first-order chi connectivity index (χ1) is 14.0. The number of nitrogens with zero attached hydrogens (tertiary/aromatic N) is 2. The van der Waals surface area contributed by atoms with Crippen LogP contribution in [0, 0.1) is 5.92 Å². The summed E-state index contributed by atoms with van der Waals surface area (Å²) in [4.78, 5) is 42.1. The predicted molar refractivity (Wildman–Crippen MR) is 122 cm³/mol. The van der Waals surface area contributed by atoms with Gasteiger partial charge in [-0.05, 0) is 35.4 Å². The lowest BCUT2D eigenvalue weighted by atomic mass is 9.86. The van der Waals surface area contributed by atoms with Gasteiger partial charge in [0.25, 0.3) is 11.5 Å². The van der Waals surface area contributed by atoms with Crippen LogP contribution in [0.15, 0.2) is 33.9 Å². The molecular weight excluding hydrogens is 380 g/mol. The second-order valence-corrected chi connectivity index (χ2v) is 9.14. The Bertz CT molecular complexity index is 995. The topological polar surface area (TPSA) is 101 Å². The average molecular weight is 415 g/mol. The number of nitrogens with two attached hydrogens (primary N) is 1. The van der Waals surface area contributed by atoms with Gasteiger partial charge in [0.15, 0.2) is 5.69 Å². The number of amides is 1. The molecule has 0 radical (unpaired) electrons. The SMILES string of the molecule is CCCCN(C(=O)c1ccc(C(C)(C)C)cc1)c1c(N)n(CC(C)C)c(=O)[nH]c1=O. The summed E-state index contributed by atoms with van der Waals surface area (Å²) in [6.07, 6.45) is 1.55. The number of carbonyl (C=O) groups is 1. The number of hydrogen-bond acceptors (Lipinski definition) is 4. The fraction of sp³-hybridized carbons (Fsp3) is 0.522. The van der Waals surface area contributed by atoms with E-state index in [0.717, 1.165) is 12.0 Å². The Balaban J connectivity index is 2.56. The number of hydrogen-bond donors (Lipinski definition) is 2. The normalized spacial score (nSPS) is 11.7. The van der Waals surface area contributed by atoms with E-state index in [2.05, 4.69) is 25.8 Å². The summed E-state index contributed by atoms with van der Waals surface area (Å²) in [5.74, 6) is -0.141. The molecule has 0 fully saturated rings. The zero-order chi connectivity index (χ0) is 22.6. The van der Waals surface area contributed by atoms with Crippen molar-refractivity contribution < 1.29 is 4.79 Å². The van der Waals surface area contributed by atoms with E-state index in [9.17, 15) is 14.4 Å². The molecule has 0 aliphatic heterocycles. The number of benzene rings is 1. The quantitative estimate of drug-likeness (QED) is 0.724. The lowest BCUT2D eigenvalue weighted by molar-refractivity contribution is 0.0986. The van der Waals surface area contributed by atoms with Gasteiger partial charge in [-0.3, -0.25) is 19.1 Å². The number of aromatic amines is 1. The molecule has 1 aromatic heterocycles. The number of nitrogens with one attached hydrogen (secondary N) is 1. The minimum Gasteiger partial charge on any atom is -0.383 e. The lowest BCUT2D eigenvalue weighted by Crippen LogP contribution is -2.42. The number of aromatic nitrogens is 2. The van der Waals surface area contributed by atoms with E-state index in [4.69, 9.17) is 5.73 Å². The third-order valence-electron chi connectivity index (χ3n) is 5.01. The van der Waals surface area contributed by atoms with Crippen molar-refractivity contribution in [1.82, 2.24) is 9.55 Å². The summed E-state index contributed by atoms with van der Waals surface area (Å²) in [7, 11) is 0. The van der Waals surface area contributed by atoms with Gasteiger partial charge in [-0.2, -0.15) is 0 Å². The number of rotatable bonds is 7. The molecule has 0 bridgehead atoms. The third kappa shape index (κ3) is 5.20. The molecular formula is C23H34N4O3. The molecule has 2 rings (SSSR count). The molecule has 7 nitrogen and oxygen atoms in total. The fourth-order valence-corrected chi connectivity index (χ4v) is 3.28. The van der Waals surface area contributed by atoms with Crippen LogP contribution in [0.25, 0.3) is 0 Å². The van der Waals surface area contributed by atoms with E-state index in [-0.39, 0.29) is 28.7 Å². The lowest BCUT2D eigenvalue weighted by Gasteiger charge is -2.25. The zero-order valence-electron chi connectivity index (χ0n) is 18.9. The van der Waals surface area contributed by atoms with Crippen molar-refractivity contribution >= 4 is 17.4 Å². The van der Waals surface area contributed by atoms with Gasteiger partial charge < -0.3 is 10.6 Å². The van der Waals surface area contributed by atoms with Crippen LogP contribution in [0.1, 0.15) is 70.3 Å². The Kier molecular flexibility index (Phi) is 7.29. The second-order valence-electron chi connectivity index (χ2n) is 9.14. The second kappa shape index (κ2) is 9.32. The zero-order valence-corrected chi connectivity index (χ0v) is 18.9. The first kappa shape index (κ1) is 23.4. The van der Waals surface area contributed by atoms with Crippen LogP contribution in [-0.2, 0) is 12.0 Å². The minimum atomic E-state index is -0.645. The Morgan fingerprint density at radius 3 is 2.27 bits per heavy atom. The Morgan fingerprint density at radius 1 is 1.17 bits per heavy atom. The molecule has 0 atom stereocenters. The molecule has 0 spiro atoms. The summed E-state index contributed by atoms with van der Waals surface area (Å²) in [5, 5.41) is 0. The van der Waals surface area contributed by atoms with E-state index in [1.165, 1.54) is 9.47 Å². The van der Waals surface area contributed by atoms with Crippen molar-refractivity contribution in [3.8, 4) is 0 Å². The largest absolute Gasteiger partial charge is 0.383 e. The maximum absolute atomic E-state index is 13.4. The monoisotopic (exact) mass is 414 g/mol. The summed E-state index contributed by atoms with van der Waals surface area (Å²) in [6.45, 7) is 12.9. The molecule has 2 aromatic rings. The molecule has 1 amide bonds. The summed E-state index contributed by atoms with van der Waals surface area (Å²) < 4.78 is 1.33. The standard InChI is InChI=1S/C23H34N4O3/c1-7-8-13-26(21(29)16-9-11-17(12-10-16)23(4,5)6)18-19(24)27(14-15(2)3)22(30)25-20(18)28/h9-12,15H,7-8,13-14,24H2,1-6H3,(H,25,28,30). The van der Waals surface area contributed by atoms with Gasteiger partial charge in [-0.1, -0.05) is 60.1 Å². The van der Waals surface area contributed by atoms with Crippen molar-refractivity contribution in [2.24, 2.45) is 5.92 Å². The van der Waals surface area contributed by atoms with Crippen LogP contribution in [0.2, 0.25) is 0 Å².